The van der Waals surface area contributed by atoms with E-state index in [0.717, 1.165) is 0 Å². The zero-order valence-electron chi connectivity index (χ0n) is 6.01. The summed E-state index contributed by atoms with van der Waals surface area (Å²) in [5.41, 5.74) is 0. The molecule has 0 heterocycles. The fourth-order valence-electron chi connectivity index (χ4n) is 0.150. The fourth-order valence-corrected chi connectivity index (χ4v) is 1.35. The van der Waals surface area contributed by atoms with Crippen molar-refractivity contribution >= 4 is 114 Å². The smallest absolute Gasteiger partial charge is 0.808 e. The predicted octanol–water partition coefficient (Wildman–Crippen LogP) is -2.86. The van der Waals surface area contributed by atoms with E-state index in [1.165, 1.54) is 0 Å². The van der Waals surface area contributed by atoms with Crippen LogP contribution < -0.4 is 19.6 Å². The molecular formula is CCa2Cl2O6P2. The van der Waals surface area contributed by atoms with Crippen molar-refractivity contribution in [1.82, 2.24) is 0 Å². The van der Waals surface area contributed by atoms with Gasteiger partial charge in [-0.2, -0.15) is 0 Å². The molecule has 0 spiro atoms. The number of hydrogen-bond acceptors (Lipinski definition) is 6. The van der Waals surface area contributed by atoms with Crippen molar-refractivity contribution in [2.45, 2.75) is 3.82 Å². The maximum atomic E-state index is 9.94. The Morgan fingerprint density at radius 3 is 1.00 bits per heavy atom. The predicted molar refractivity (Wildman–Crippen MR) is 41.2 cm³/mol. The summed E-state index contributed by atoms with van der Waals surface area (Å²) in [6.07, 6.45) is 0. The van der Waals surface area contributed by atoms with Crippen molar-refractivity contribution in [2.75, 3.05) is 0 Å². The average Bonchev–Trinajstić information content (AvgIpc) is 1.58. The second-order valence-corrected chi connectivity index (χ2v) is 7.57. The van der Waals surface area contributed by atoms with E-state index >= 15 is 0 Å². The molecule has 0 saturated carbocycles. The summed E-state index contributed by atoms with van der Waals surface area (Å²) < 4.78 is 16.1. The van der Waals surface area contributed by atoms with Gasteiger partial charge in [0.25, 0.3) is 0 Å². The van der Waals surface area contributed by atoms with Crippen molar-refractivity contribution in [3.05, 3.63) is 0 Å². The third-order valence-corrected chi connectivity index (χ3v) is 5.93. The van der Waals surface area contributed by atoms with E-state index in [1.54, 1.807) is 0 Å². The summed E-state index contributed by atoms with van der Waals surface area (Å²) >= 11 is 8.96. The molecule has 0 atom stereocenters. The van der Waals surface area contributed by atoms with Gasteiger partial charge in [0.05, 0.1) is 0 Å². The largest absolute Gasteiger partial charge is 2.00 e. The van der Waals surface area contributed by atoms with E-state index in [1.807, 2.05) is 0 Å². The van der Waals surface area contributed by atoms with E-state index in [9.17, 15) is 28.7 Å². The molecule has 0 fully saturated rings. The molecule has 0 aromatic rings. The van der Waals surface area contributed by atoms with Crippen LogP contribution in [0.25, 0.3) is 0 Å². The molecule has 13 heavy (non-hydrogen) atoms. The van der Waals surface area contributed by atoms with Crippen LogP contribution in [0.3, 0.4) is 0 Å². The van der Waals surface area contributed by atoms with Gasteiger partial charge in [-0.3, -0.25) is 0 Å². The molecule has 68 valence electrons. The third-order valence-electron chi connectivity index (χ3n) is 0.659. The molecule has 0 amide bonds. The van der Waals surface area contributed by atoms with Crippen LogP contribution >= 0.6 is 38.4 Å². The molecule has 0 aliphatic carbocycles. The van der Waals surface area contributed by atoms with Gasteiger partial charge in [-0.25, -0.2) is 0 Å². The van der Waals surface area contributed by atoms with Gasteiger partial charge in [0.1, 0.15) is 0 Å². The second-order valence-electron chi connectivity index (χ2n) is 1.50. The number of rotatable bonds is 2. The quantitative estimate of drug-likeness (QED) is 0.306. The van der Waals surface area contributed by atoms with Gasteiger partial charge in [0, 0.05) is 0 Å². The van der Waals surface area contributed by atoms with Crippen LogP contribution in [0.1, 0.15) is 0 Å². The average molecular weight is 321 g/mol. The van der Waals surface area contributed by atoms with Crippen LogP contribution in [-0.2, 0) is 9.13 Å². The van der Waals surface area contributed by atoms with Crippen molar-refractivity contribution < 1.29 is 28.7 Å². The minimum absolute atomic E-state index is 0. The van der Waals surface area contributed by atoms with E-state index in [2.05, 4.69) is 23.2 Å². The van der Waals surface area contributed by atoms with Crippen molar-refractivity contribution in [3.63, 3.8) is 0 Å². The summed E-state index contributed by atoms with van der Waals surface area (Å²) in [6, 6.07) is 0. The number of hydrogen-bond donors (Lipinski definition) is 0. The number of halogens is 2. The monoisotopic (exact) mass is 320 g/mol. The Hall–Kier alpha value is 3.40. The van der Waals surface area contributed by atoms with Crippen LogP contribution in [-0.4, -0.2) is 79.3 Å². The van der Waals surface area contributed by atoms with Gasteiger partial charge < -0.3 is 28.7 Å². The molecule has 0 radical (unpaired) electrons. The molecule has 0 aromatic heterocycles. The molecule has 0 aromatic carbocycles. The summed E-state index contributed by atoms with van der Waals surface area (Å²) in [5, 5.41) is 0. The normalized spacial score (nSPS) is 12.8. The first-order valence-electron chi connectivity index (χ1n) is 1.92. The topological polar surface area (TPSA) is 126 Å². The Morgan fingerprint density at radius 2 is 1.00 bits per heavy atom. The molecule has 0 bridgehead atoms. The van der Waals surface area contributed by atoms with E-state index in [4.69, 9.17) is 0 Å². The van der Waals surface area contributed by atoms with Crippen LogP contribution in [0, 0.1) is 0 Å². The minimum Gasteiger partial charge on any atom is -0.808 e. The Bertz CT molecular complexity index is 219. The van der Waals surface area contributed by atoms with E-state index in [-0.39, 0.29) is 75.5 Å². The van der Waals surface area contributed by atoms with Gasteiger partial charge in [0.2, 0.25) is 0 Å². The molecule has 0 aliphatic heterocycles. The molecule has 0 aliphatic rings. The Labute approximate surface area is 144 Å². The molecule has 0 unspecified atom stereocenters. The van der Waals surface area contributed by atoms with Crippen molar-refractivity contribution in [1.29, 1.82) is 0 Å². The summed E-state index contributed by atoms with van der Waals surface area (Å²) in [5.74, 6) is 0. The molecule has 0 rings (SSSR count). The Morgan fingerprint density at radius 1 is 0.846 bits per heavy atom. The van der Waals surface area contributed by atoms with Crippen LogP contribution in [0.2, 0.25) is 0 Å². The fraction of sp³-hybridized carbons (Fsp3) is 1.00. The first kappa shape index (κ1) is 21.7. The zero-order valence-corrected chi connectivity index (χ0v) is 13.7. The van der Waals surface area contributed by atoms with Crippen LogP contribution in [0.5, 0.6) is 0 Å². The molecular weight excluding hydrogens is 321 g/mol. The van der Waals surface area contributed by atoms with E-state index < -0.39 is 19.0 Å². The standard InChI is InChI=1S/CH4Cl2O6P2.2Ca/c2-1(3,10(4,5)6)11(7,8)9;;/h(H2,4,5,6)(H2,7,8,9);;/q;2*+2/p-4. The van der Waals surface area contributed by atoms with Gasteiger partial charge >= 0.3 is 75.5 Å². The molecule has 12 heteroatoms. The maximum absolute atomic E-state index is 9.94. The first-order valence-corrected chi connectivity index (χ1v) is 5.76. The van der Waals surface area contributed by atoms with Crippen LogP contribution in [0.15, 0.2) is 0 Å². The third kappa shape index (κ3) is 6.04. The summed E-state index contributed by atoms with van der Waals surface area (Å²) in [6.45, 7) is 0. The minimum atomic E-state index is -5.85. The second kappa shape index (κ2) is 6.97. The summed E-state index contributed by atoms with van der Waals surface area (Å²) in [7, 11) is -11.7. The Balaban J connectivity index is -0.000000500. The Kier molecular flexibility index (Phi) is 11.6. The first-order chi connectivity index (χ1) is 4.50. The SMILES string of the molecule is O=P([O-])([O-])C(Cl)(Cl)P(=O)([O-])[O-].[Ca+2].[Ca+2]. The van der Waals surface area contributed by atoms with Crippen molar-refractivity contribution in [3.8, 4) is 0 Å². The maximum Gasteiger partial charge on any atom is 2.00 e. The zero-order chi connectivity index (χ0) is 9.50. The van der Waals surface area contributed by atoms with Gasteiger partial charge in [-0.05, 0) is 15.2 Å². The molecule has 0 saturated heterocycles. The van der Waals surface area contributed by atoms with Crippen molar-refractivity contribution in [2.24, 2.45) is 0 Å². The van der Waals surface area contributed by atoms with Gasteiger partial charge in [0.15, 0.2) is 3.82 Å². The summed E-state index contributed by atoms with van der Waals surface area (Å²) in [4.78, 5) is 39.7. The van der Waals surface area contributed by atoms with Gasteiger partial charge in [-0.15, -0.1) is 0 Å². The molecule has 6 nitrogen and oxygen atoms in total. The van der Waals surface area contributed by atoms with Crippen LogP contribution in [0.4, 0.5) is 0 Å². The molecule has 0 N–H and O–H groups in total. The number of alkyl halides is 2. The van der Waals surface area contributed by atoms with Gasteiger partial charge in [-0.1, -0.05) is 23.2 Å². The van der Waals surface area contributed by atoms with E-state index in [0.29, 0.717) is 0 Å².